The predicted molar refractivity (Wildman–Crippen MR) is 72.6 cm³/mol. The summed E-state index contributed by atoms with van der Waals surface area (Å²) in [5.41, 5.74) is 0. The molecule has 1 aliphatic rings. The van der Waals surface area contributed by atoms with E-state index in [-0.39, 0.29) is 0 Å². The van der Waals surface area contributed by atoms with Crippen molar-refractivity contribution < 1.29 is 0 Å². The largest absolute Gasteiger partial charge is 0.357 e. The van der Waals surface area contributed by atoms with Crippen LogP contribution in [0.1, 0.15) is 38.1 Å². The monoisotopic (exact) mass is 254 g/mol. The Bertz CT molecular complexity index is 350. The van der Waals surface area contributed by atoms with Gasteiger partial charge in [0.25, 0.3) is 0 Å². The molecule has 4 nitrogen and oxygen atoms in total. The van der Waals surface area contributed by atoms with Gasteiger partial charge in [-0.05, 0) is 46.6 Å². The molecule has 17 heavy (non-hydrogen) atoms. The highest BCUT2D eigenvalue weighted by molar-refractivity contribution is 7.15. The first kappa shape index (κ1) is 12.8. The van der Waals surface area contributed by atoms with Gasteiger partial charge in [-0.2, -0.15) is 0 Å². The number of nitrogens with zero attached hydrogens (tertiary/aromatic N) is 3. The molecular formula is C12H22N4S. The molecule has 1 atom stereocenters. The Morgan fingerprint density at radius 2 is 2.12 bits per heavy atom. The van der Waals surface area contributed by atoms with Crippen LogP contribution in [0.5, 0.6) is 0 Å². The molecule has 0 radical (unpaired) electrons. The highest BCUT2D eigenvalue weighted by Crippen LogP contribution is 2.20. The molecule has 1 aliphatic heterocycles. The molecule has 0 aromatic carbocycles. The normalized spacial score (nSPS) is 22.7. The highest BCUT2D eigenvalue weighted by Gasteiger charge is 2.19. The topological polar surface area (TPSA) is 41.1 Å². The number of likely N-dealkylation sites (tertiary alicyclic amines) is 1. The van der Waals surface area contributed by atoms with Gasteiger partial charge < -0.3 is 10.2 Å². The van der Waals surface area contributed by atoms with Gasteiger partial charge >= 0.3 is 0 Å². The fourth-order valence-electron chi connectivity index (χ4n) is 2.31. The maximum atomic E-state index is 4.14. The van der Waals surface area contributed by atoms with Gasteiger partial charge in [0.05, 0.1) is 0 Å². The van der Waals surface area contributed by atoms with Crippen molar-refractivity contribution in [2.75, 3.05) is 18.4 Å². The van der Waals surface area contributed by atoms with Crippen LogP contribution in [0.4, 0.5) is 5.13 Å². The lowest BCUT2D eigenvalue weighted by molar-refractivity contribution is 0.230. The Hall–Kier alpha value is -0.680. The summed E-state index contributed by atoms with van der Waals surface area (Å²) in [4.78, 5) is 2.56. The molecule has 0 aliphatic carbocycles. The molecule has 0 bridgehead atoms. The van der Waals surface area contributed by atoms with Crippen molar-refractivity contribution in [1.82, 2.24) is 15.1 Å². The molecule has 2 heterocycles. The molecule has 2 rings (SSSR count). The number of rotatable bonds is 3. The Kier molecular flexibility index (Phi) is 4.34. The van der Waals surface area contributed by atoms with Crippen LogP contribution in [0.2, 0.25) is 0 Å². The van der Waals surface area contributed by atoms with Gasteiger partial charge in [0.2, 0.25) is 5.13 Å². The fourth-order valence-corrected chi connectivity index (χ4v) is 2.98. The zero-order chi connectivity index (χ0) is 12.3. The standard InChI is InChI=1S/C12H22N4S/c1-9(2)16-7-4-5-11(6-8-16)13-12-15-14-10(3)17-12/h9,11H,4-8H2,1-3H3,(H,13,15). The number of nitrogens with one attached hydrogen (secondary N) is 1. The van der Waals surface area contributed by atoms with E-state index in [1.54, 1.807) is 11.3 Å². The lowest BCUT2D eigenvalue weighted by Crippen LogP contribution is -2.32. The maximum absolute atomic E-state index is 4.14. The van der Waals surface area contributed by atoms with E-state index in [2.05, 4.69) is 34.3 Å². The van der Waals surface area contributed by atoms with Crippen LogP contribution >= 0.6 is 11.3 Å². The third-order valence-electron chi connectivity index (χ3n) is 3.35. The molecule has 1 aromatic rings. The highest BCUT2D eigenvalue weighted by atomic mass is 32.1. The van der Waals surface area contributed by atoms with Crippen molar-refractivity contribution in [3.63, 3.8) is 0 Å². The van der Waals surface area contributed by atoms with E-state index in [0.717, 1.165) is 10.1 Å². The predicted octanol–water partition coefficient (Wildman–Crippen LogP) is 2.52. The van der Waals surface area contributed by atoms with Crippen molar-refractivity contribution in [3.05, 3.63) is 5.01 Å². The second kappa shape index (κ2) is 5.78. The molecule has 5 heteroatoms. The van der Waals surface area contributed by atoms with Crippen molar-refractivity contribution in [1.29, 1.82) is 0 Å². The van der Waals surface area contributed by atoms with Gasteiger partial charge in [0.15, 0.2) is 0 Å². The number of hydrogen-bond acceptors (Lipinski definition) is 5. The maximum Gasteiger partial charge on any atom is 0.205 e. The molecule has 1 N–H and O–H groups in total. The molecule has 1 fully saturated rings. The molecule has 0 saturated carbocycles. The minimum Gasteiger partial charge on any atom is -0.357 e. The summed E-state index contributed by atoms with van der Waals surface area (Å²) >= 11 is 1.65. The van der Waals surface area contributed by atoms with Crippen LogP contribution in [0, 0.1) is 6.92 Å². The first-order valence-corrected chi connectivity index (χ1v) is 7.27. The van der Waals surface area contributed by atoms with Gasteiger partial charge in [-0.3, -0.25) is 0 Å². The Labute approximate surface area is 107 Å². The summed E-state index contributed by atoms with van der Waals surface area (Å²) in [5, 5.41) is 13.7. The average Bonchev–Trinajstić information content (AvgIpc) is 2.54. The van der Waals surface area contributed by atoms with Crippen LogP contribution in [0.3, 0.4) is 0 Å². The number of aryl methyl sites for hydroxylation is 1. The minimum atomic E-state index is 0.561. The lowest BCUT2D eigenvalue weighted by atomic mass is 10.1. The average molecular weight is 254 g/mol. The Morgan fingerprint density at radius 3 is 2.76 bits per heavy atom. The summed E-state index contributed by atoms with van der Waals surface area (Å²) in [6.07, 6.45) is 3.71. The van der Waals surface area contributed by atoms with Crippen LogP contribution in [-0.2, 0) is 0 Å². The van der Waals surface area contributed by atoms with E-state index in [9.17, 15) is 0 Å². The number of anilines is 1. The van der Waals surface area contributed by atoms with E-state index in [4.69, 9.17) is 0 Å². The third kappa shape index (κ3) is 3.64. The summed E-state index contributed by atoms with van der Waals surface area (Å²) in [5.74, 6) is 0. The zero-order valence-electron chi connectivity index (χ0n) is 10.9. The molecule has 0 amide bonds. The van der Waals surface area contributed by atoms with Crippen LogP contribution in [0.15, 0.2) is 0 Å². The molecule has 96 valence electrons. The van der Waals surface area contributed by atoms with Crippen molar-refractivity contribution in [2.45, 2.75) is 52.1 Å². The molecule has 0 spiro atoms. The fraction of sp³-hybridized carbons (Fsp3) is 0.833. The molecule has 1 saturated heterocycles. The number of hydrogen-bond donors (Lipinski definition) is 1. The van der Waals surface area contributed by atoms with Gasteiger partial charge in [-0.15, -0.1) is 10.2 Å². The van der Waals surface area contributed by atoms with E-state index in [1.165, 1.54) is 32.4 Å². The lowest BCUT2D eigenvalue weighted by Gasteiger charge is -2.24. The summed E-state index contributed by atoms with van der Waals surface area (Å²) in [6.45, 7) is 8.97. The minimum absolute atomic E-state index is 0.561. The Balaban J connectivity index is 1.86. The van der Waals surface area contributed by atoms with E-state index < -0.39 is 0 Å². The van der Waals surface area contributed by atoms with E-state index in [1.807, 2.05) is 6.92 Å². The summed E-state index contributed by atoms with van der Waals surface area (Å²) in [6, 6.07) is 1.23. The van der Waals surface area contributed by atoms with Gasteiger partial charge in [0.1, 0.15) is 5.01 Å². The molecule has 1 aromatic heterocycles. The first-order chi connectivity index (χ1) is 8.15. The van der Waals surface area contributed by atoms with Crippen molar-refractivity contribution >= 4 is 16.5 Å². The van der Waals surface area contributed by atoms with E-state index in [0.29, 0.717) is 12.1 Å². The second-order valence-electron chi connectivity index (χ2n) is 5.03. The van der Waals surface area contributed by atoms with Gasteiger partial charge in [-0.25, -0.2) is 0 Å². The molecular weight excluding hydrogens is 232 g/mol. The smallest absolute Gasteiger partial charge is 0.205 e. The Morgan fingerprint density at radius 1 is 1.29 bits per heavy atom. The van der Waals surface area contributed by atoms with Gasteiger partial charge in [0, 0.05) is 18.6 Å². The molecule has 1 unspecified atom stereocenters. The number of aromatic nitrogens is 2. The van der Waals surface area contributed by atoms with Crippen molar-refractivity contribution in [2.24, 2.45) is 0 Å². The summed E-state index contributed by atoms with van der Waals surface area (Å²) in [7, 11) is 0. The van der Waals surface area contributed by atoms with Crippen LogP contribution in [-0.4, -0.2) is 40.3 Å². The summed E-state index contributed by atoms with van der Waals surface area (Å²) < 4.78 is 0. The SMILES string of the molecule is Cc1nnc(NC2CCCN(C(C)C)CC2)s1. The van der Waals surface area contributed by atoms with Gasteiger partial charge in [-0.1, -0.05) is 11.3 Å². The van der Waals surface area contributed by atoms with Crippen LogP contribution < -0.4 is 5.32 Å². The van der Waals surface area contributed by atoms with E-state index >= 15 is 0 Å². The third-order valence-corrected chi connectivity index (χ3v) is 4.12. The quantitative estimate of drug-likeness (QED) is 0.900. The van der Waals surface area contributed by atoms with Crippen LogP contribution in [0.25, 0.3) is 0 Å². The van der Waals surface area contributed by atoms with Crippen molar-refractivity contribution in [3.8, 4) is 0 Å². The second-order valence-corrected chi connectivity index (χ2v) is 6.21. The zero-order valence-corrected chi connectivity index (χ0v) is 11.8. The first-order valence-electron chi connectivity index (χ1n) is 6.46.